The Hall–Kier alpha value is -3.48. The first-order valence-corrected chi connectivity index (χ1v) is 8.13. The quantitative estimate of drug-likeness (QED) is 0.590. The lowest BCUT2D eigenvalue weighted by molar-refractivity contribution is 0.384. The van der Waals surface area contributed by atoms with E-state index in [4.69, 9.17) is 4.52 Å². The molecular weight excluding hydrogens is 333 g/mol. The second kappa shape index (κ2) is 6.79. The molecule has 0 aliphatic heterocycles. The molecule has 0 aliphatic rings. The smallest absolute Gasteiger partial charge is 0.246 e. The van der Waals surface area contributed by atoms with Gasteiger partial charge in [-0.1, -0.05) is 29.4 Å². The summed E-state index contributed by atoms with van der Waals surface area (Å²) in [6.07, 6.45) is 3.60. The lowest BCUT2D eigenvalue weighted by atomic mass is 10.1. The third-order valence-electron chi connectivity index (χ3n) is 3.98. The van der Waals surface area contributed by atoms with Crippen LogP contribution in [-0.2, 0) is 6.54 Å². The Morgan fingerprint density at radius 2 is 2.04 bits per heavy atom. The van der Waals surface area contributed by atoms with Gasteiger partial charge in [0.25, 0.3) is 0 Å². The Kier molecular flexibility index (Phi) is 4.18. The van der Waals surface area contributed by atoms with Gasteiger partial charge in [-0.15, -0.1) is 0 Å². The average molecular weight is 349 g/mol. The maximum Gasteiger partial charge on any atom is 0.246 e. The van der Waals surface area contributed by atoms with E-state index in [0.717, 1.165) is 11.4 Å². The number of hydrogen-bond donors (Lipinski definition) is 1. The third kappa shape index (κ3) is 3.19. The summed E-state index contributed by atoms with van der Waals surface area (Å²) < 4.78 is 20.8. The molecule has 2 heterocycles. The van der Waals surface area contributed by atoms with Crippen molar-refractivity contribution in [2.24, 2.45) is 0 Å². The molecule has 2 aromatic heterocycles. The predicted molar refractivity (Wildman–Crippen MR) is 95.3 cm³/mol. The minimum Gasteiger partial charge on any atom is -0.374 e. The second-order valence-corrected chi connectivity index (χ2v) is 5.80. The number of halogens is 1. The maximum absolute atomic E-state index is 13.7. The van der Waals surface area contributed by atoms with E-state index in [-0.39, 0.29) is 5.82 Å². The van der Waals surface area contributed by atoms with Crippen molar-refractivity contribution in [1.82, 2.24) is 19.9 Å². The minimum atomic E-state index is -0.292. The molecule has 0 saturated heterocycles. The summed E-state index contributed by atoms with van der Waals surface area (Å²) in [5.74, 6) is 0.484. The molecule has 6 nitrogen and oxygen atoms in total. The summed E-state index contributed by atoms with van der Waals surface area (Å²) in [5.41, 5.74) is 2.96. The summed E-state index contributed by atoms with van der Waals surface area (Å²) in [7, 11) is 0. The molecule has 0 aliphatic carbocycles. The van der Waals surface area contributed by atoms with Crippen molar-refractivity contribution in [2.45, 2.75) is 13.5 Å². The fraction of sp³-hybridized carbons (Fsp3) is 0.105. The minimum absolute atomic E-state index is 0.292. The second-order valence-electron chi connectivity index (χ2n) is 5.80. The van der Waals surface area contributed by atoms with Crippen molar-refractivity contribution in [3.63, 3.8) is 0 Å². The van der Waals surface area contributed by atoms with Crippen molar-refractivity contribution in [2.75, 3.05) is 5.32 Å². The summed E-state index contributed by atoms with van der Waals surface area (Å²) in [5, 5.41) is 11.5. The number of nitrogens with one attached hydrogen (secondary N) is 1. The Bertz CT molecular complexity index is 1030. The summed E-state index contributed by atoms with van der Waals surface area (Å²) >= 11 is 0. The highest BCUT2D eigenvalue weighted by atomic mass is 19.1. The predicted octanol–water partition coefficient (Wildman–Crippen LogP) is 3.98. The van der Waals surface area contributed by atoms with Crippen LogP contribution in [0.5, 0.6) is 0 Å². The van der Waals surface area contributed by atoms with Gasteiger partial charge < -0.3 is 9.84 Å². The largest absolute Gasteiger partial charge is 0.374 e. The van der Waals surface area contributed by atoms with Crippen molar-refractivity contribution in [3.8, 4) is 17.1 Å². The van der Waals surface area contributed by atoms with Crippen LogP contribution in [0, 0.1) is 12.7 Å². The highest BCUT2D eigenvalue weighted by Crippen LogP contribution is 2.21. The Morgan fingerprint density at radius 1 is 1.15 bits per heavy atom. The number of rotatable bonds is 5. The van der Waals surface area contributed by atoms with Gasteiger partial charge in [0.1, 0.15) is 5.82 Å². The highest BCUT2D eigenvalue weighted by Gasteiger charge is 2.11. The van der Waals surface area contributed by atoms with E-state index < -0.39 is 0 Å². The molecule has 2 aromatic carbocycles. The van der Waals surface area contributed by atoms with Crippen LogP contribution in [0.25, 0.3) is 17.1 Å². The molecule has 0 unspecified atom stereocenters. The van der Waals surface area contributed by atoms with Crippen molar-refractivity contribution < 1.29 is 8.91 Å². The van der Waals surface area contributed by atoms with Crippen molar-refractivity contribution in [1.29, 1.82) is 0 Å². The van der Waals surface area contributed by atoms with Crippen LogP contribution in [0.4, 0.5) is 10.1 Å². The van der Waals surface area contributed by atoms with Crippen LogP contribution in [0.3, 0.4) is 0 Å². The van der Waals surface area contributed by atoms with Gasteiger partial charge in [-0.25, -0.2) is 9.07 Å². The van der Waals surface area contributed by atoms with Crippen LogP contribution < -0.4 is 5.32 Å². The van der Waals surface area contributed by atoms with E-state index in [1.54, 1.807) is 29.9 Å². The summed E-state index contributed by atoms with van der Waals surface area (Å²) in [4.78, 5) is 4.33. The van der Waals surface area contributed by atoms with Crippen LogP contribution in [0.1, 0.15) is 11.5 Å². The van der Waals surface area contributed by atoms with E-state index in [0.29, 0.717) is 29.4 Å². The van der Waals surface area contributed by atoms with Gasteiger partial charge >= 0.3 is 0 Å². The third-order valence-corrected chi connectivity index (χ3v) is 3.98. The van der Waals surface area contributed by atoms with Gasteiger partial charge in [0.2, 0.25) is 11.7 Å². The van der Waals surface area contributed by atoms with Crippen LogP contribution in [-0.4, -0.2) is 19.9 Å². The molecule has 7 heteroatoms. The average Bonchev–Trinajstić information content (AvgIpc) is 3.34. The van der Waals surface area contributed by atoms with Gasteiger partial charge in [0, 0.05) is 18.0 Å². The normalized spacial score (nSPS) is 10.8. The zero-order chi connectivity index (χ0) is 17.9. The number of aromatic nitrogens is 4. The lowest BCUT2D eigenvalue weighted by Crippen LogP contribution is -2.05. The number of benzene rings is 2. The molecule has 26 heavy (non-hydrogen) atoms. The van der Waals surface area contributed by atoms with Crippen LogP contribution >= 0.6 is 0 Å². The first-order chi connectivity index (χ1) is 12.7. The number of aryl methyl sites for hydroxylation is 1. The number of nitrogens with zero attached hydrogens (tertiary/aromatic N) is 4. The first-order valence-electron chi connectivity index (χ1n) is 8.13. The SMILES string of the molecule is Cc1ccc(-c2noc(CNc3ccccc3-n3cccn3)n2)cc1F. The number of para-hydroxylation sites is 2. The Balaban J connectivity index is 1.52. The van der Waals surface area contributed by atoms with E-state index >= 15 is 0 Å². The molecule has 4 rings (SSSR count). The molecule has 0 saturated carbocycles. The first kappa shape index (κ1) is 16.0. The van der Waals surface area contributed by atoms with Crippen LogP contribution in [0.2, 0.25) is 0 Å². The molecule has 0 radical (unpaired) electrons. The van der Waals surface area contributed by atoms with Crippen LogP contribution in [0.15, 0.2) is 65.4 Å². The fourth-order valence-electron chi connectivity index (χ4n) is 2.58. The standard InChI is InChI=1S/C19H16FN5O/c1-13-7-8-14(11-15(13)20)19-23-18(26-24-19)12-21-16-5-2-3-6-17(16)25-10-4-9-22-25/h2-11,21H,12H2,1H3. The van der Waals surface area contributed by atoms with Crippen molar-refractivity contribution in [3.05, 3.63) is 78.2 Å². The lowest BCUT2D eigenvalue weighted by Gasteiger charge is -2.10. The zero-order valence-electron chi connectivity index (χ0n) is 14.1. The van der Waals surface area contributed by atoms with E-state index in [1.807, 2.05) is 36.5 Å². The topological polar surface area (TPSA) is 68.8 Å². The molecule has 4 aromatic rings. The molecule has 0 amide bonds. The van der Waals surface area contributed by atoms with Gasteiger partial charge in [-0.05, 0) is 36.8 Å². The van der Waals surface area contributed by atoms with Gasteiger partial charge in [0.05, 0.1) is 17.9 Å². The van der Waals surface area contributed by atoms with E-state index in [9.17, 15) is 4.39 Å². The monoisotopic (exact) mass is 349 g/mol. The number of anilines is 1. The van der Waals surface area contributed by atoms with Crippen molar-refractivity contribution >= 4 is 5.69 Å². The van der Waals surface area contributed by atoms with Gasteiger partial charge in [-0.3, -0.25) is 0 Å². The van der Waals surface area contributed by atoms with E-state index in [1.165, 1.54) is 6.07 Å². The number of hydrogen-bond acceptors (Lipinski definition) is 5. The summed E-state index contributed by atoms with van der Waals surface area (Å²) in [6.45, 7) is 2.06. The molecule has 0 spiro atoms. The molecule has 130 valence electrons. The van der Waals surface area contributed by atoms with Gasteiger partial charge in [0.15, 0.2) is 0 Å². The highest BCUT2D eigenvalue weighted by molar-refractivity contribution is 5.60. The molecule has 1 N–H and O–H groups in total. The Labute approximate surface area is 149 Å². The molecular formula is C19H16FN5O. The molecule has 0 fully saturated rings. The molecule has 0 atom stereocenters. The van der Waals surface area contributed by atoms with Gasteiger partial charge in [-0.2, -0.15) is 10.1 Å². The molecule has 0 bridgehead atoms. The maximum atomic E-state index is 13.7. The van der Waals surface area contributed by atoms with E-state index in [2.05, 4.69) is 20.6 Å². The summed E-state index contributed by atoms with van der Waals surface area (Å²) in [6, 6.07) is 14.5. The zero-order valence-corrected chi connectivity index (χ0v) is 14.1. The Morgan fingerprint density at radius 3 is 2.85 bits per heavy atom. The fourth-order valence-corrected chi connectivity index (χ4v) is 2.58.